The summed E-state index contributed by atoms with van der Waals surface area (Å²) >= 11 is 7.43. The second-order valence-electron chi connectivity index (χ2n) is 7.71. The Balaban J connectivity index is 1.70. The van der Waals surface area contributed by atoms with E-state index in [2.05, 4.69) is 34.3 Å². The average molecular weight is 498 g/mol. The van der Waals surface area contributed by atoms with Crippen molar-refractivity contribution in [2.75, 3.05) is 11.1 Å². The van der Waals surface area contributed by atoms with Crippen LogP contribution in [0.25, 0.3) is 0 Å². The van der Waals surface area contributed by atoms with Crippen LogP contribution in [0.1, 0.15) is 47.2 Å². The normalized spacial score (nSPS) is 11.6. The van der Waals surface area contributed by atoms with Gasteiger partial charge in [0.2, 0.25) is 5.91 Å². The molecule has 34 heavy (non-hydrogen) atoms. The van der Waals surface area contributed by atoms with Gasteiger partial charge in [0.25, 0.3) is 5.91 Å². The maximum atomic E-state index is 12.7. The molecule has 3 aromatic rings. The number of carbonyl (C=O) groups is 2. The predicted molar refractivity (Wildman–Crippen MR) is 137 cm³/mol. The number of hydrogen-bond acceptors (Lipinski definition) is 5. The van der Waals surface area contributed by atoms with E-state index in [0.717, 1.165) is 23.2 Å². The van der Waals surface area contributed by atoms with E-state index >= 15 is 0 Å². The number of allylic oxidation sites excluding steroid dienone is 1. The highest BCUT2D eigenvalue weighted by molar-refractivity contribution is 7.99. The minimum absolute atomic E-state index is 0.122. The van der Waals surface area contributed by atoms with E-state index in [9.17, 15) is 9.59 Å². The topological polar surface area (TPSA) is 88.9 Å². The number of nitrogens with zero attached hydrogens (tertiary/aromatic N) is 3. The number of anilines is 1. The van der Waals surface area contributed by atoms with Gasteiger partial charge in [-0.2, -0.15) is 0 Å². The molecule has 1 aromatic heterocycles. The van der Waals surface area contributed by atoms with Crippen LogP contribution >= 0.6 is 23.4 Å². The lowest BCUT2D eigenvalue weighted by Crippen LogP contribution is -2.29. The predicted octanol–water partition coefficient (Wildman–Crippen LogP) is 5.21. The van der Waals surface area contributed by atoms with Crippen LogP contribution in [-0.4, -0.2) is 32.3 Å². The second kappa shape index (κ2) is 11.9. The lowest BCUT2D eigenvalue weighted by Gasteiger charge is -2.16. The zero-order chi connectivity index (χ0) is 24.7. The molecule has 1 atom stereocenters. The van der Waals surface area contributed by atoms with E-state index < -0.39 is 6.04 Å². The smallest absolute Gasteiger partial charge is 0.253 e. The summed E-state index contributed by atoms with van der Waals surface area (Å²) < 4.78 is 1.84. The Morgan fingerprint density at radius 1 is 1.21 bits per heavy atom. The first-order chi connectivity index (χ1) is 16.3. The van der Waals surface area contributed by atoms with Crippen LogP contribution in [0.5, 0.6) is 0 Å². The van der Waals surface area contributed by atoms with Crippen LogP contribution in [0.4, 0.5) is 5.69 Å². The molecule has 0 saturated heterocycles. The summed E-state index contributed by atoms with van der Waals surface area (Å²) in [6.07, 6.45) is 2.56. The molecule has 0 bridgehead atoms. The fraction of sp³-hybridized carbons (Fsp3) is 0.280. The molecule has 3 rings (SSSR count). The highest BCUT2D eigenvalue weighted by atomic mass is 35.5. The van der Waals surface area contributed by atoms with Crippen molar-refractivity contribution in [2.24, 2.45) is 0 Å². The Morgan fingerprint density at radius 2 is 1.97 bits per heavy atom. The molecular formula is C25H28ClN5O2S. The summed E-state index contributed by atoms with van der Waals surface area (Å²) in [6.45, 7) is 10.1. The van der Waals surface area contributed by atoms with Crippen molar-refractivity contribution in [3.63, 3.8) is 0 Å². The number of halogens is 1. The number of nitrogens with one attached hydrogen (secondary N) is 2. The van der Waals surface area contributed by atoms with Gasteiger partial charge in [-0.05, 0) is 43.5 Å². The first-order valence-electron chi connectivity index (χ1n) is 11.0. The maximum absolute atomic E-state index is 12.7. The van der Waals surface area contributed by atoms with Crippen molar-refractivity contribution < 1.29 is 9.59 Å². The Bertz CT molecular complexity index is 1190. The quantitative estimate of drug-likeness (QED) is 0.296. The Hall–Kier alpha value is -3.10. The van der Waals surface area contributed by atoms with Crippen molar-refractivity contribution in [1.29, 1.82) is 0 Å². The van der Waals surface area contributed by atoms with Gasteiger partial charge in [0, 0.05) is 12.2 Å². The number of aromatic nitrogens is 3. The maximum Gasteiger partial charge on any atom is 0.253 e. The van der Waals surface area contributed by atoms with Gasteiger partial charge in [0.1, 0.15) is 0 Å². The fourth-order valence-corrected chi connectivity index (χ4v) is 4.50. The molecule has 0 aliphatic rings. The van der Waals surface area contributed by atoms with Crippen LogP contribution in [-0.2, 0) is 17.8 Å². The fourth-order valence-electron chi connectivity index (χ4n) is 3.52. The highest BCUT2D eigenvalue weighted by Gasteiger charge is 2.21. The molecule has 0 aliphatic carbocycles. The number of thioether (sulfide) groups is 1. The zero-order valence-electron chi connectivity index (χ0n) is 19.5. The number of rotatable bonds is 10. The first kappa shape index (κ1) is 25.5. The number of amides is 2. The summed E-state index contributed by atoms with van der Waals surface area (Å²) in [4.78, 5) is 25.3. The van der Waals surface area contributed by atoms with Crippen molar-refractivity contribution >= 4 is 40.9 Å². The van der Waals surface area contributed by atoms with Crippen LogP contribution in [0.15, 0.2) is 60.3 Å². The average Bonchev–Trinajstić information content (AvgIpc) is 3.22. The van der Waals surface area contributed by atoms with Crippen molar-refractivity contribution in [3.05, 3.63) is 82.7 Å². The largest absolute Gasteiger partial charge is 0.342 e. The molecule has 1 heterocycles. The Kier molecular flexibility index (Phi) is 8.90. The Labute approximate surface area is 209 Å². The van der Waals surface area contributed by atoms with Gasteiger partial charge in [-0.15, -0.1) is 16.8 Å². The van der Waals surface area contributed by atoms with Crippen molar-refractivity contribution in [1.82, 2.24) is 20.1 Å². The van der Waals surface area contributed by atoms with Gasteiger partial charge in [-0.3, -0.25) is 9.59 Å². The van der Waals surface area contributed by atoms with Gasteiger partial charge in [-0.1, -0.05) is 66.7 Å². The van der Waals surface area contributed by atoms with E-state index in [1.807, 2.05) is 36.6 Å². The van der Waals surface area contributed by atoms with E-state index in [1.165, 1.54) is 11.8 Å². The number of aryl methyl sites for hydroxylation is 2. The molecule has 0 fully saturated rings. The van der Waals surface area contributed by atoms with Gasteiger partial charge in [-0.25, -0.2) is 0 Å². The third-order valence-corrected chi connectivity index (χ3v) is 6.54. The number of para-hydroxylation sites is 1. The summed E-state index contributed by atoms with van der Waals surface area (Å²) in [5.74, 6) is 0.316. The summed E-state index contributed by atoms with van der Waals surface area (Å²) in [6, 6.07) is 12.4. The van der Waals surface area contributed by atoms with Gasteiger partial charge < -0.3 is 15.2 Å². The monoisotopic (exact) mass is 497 g/mol. The van der Waals surface area contributed by atoms with Gasteiger partial charge in [0.05, 0.1) is 22.4 Å². The number of hydrogen-bond donors (Lipinski definition) is 2. The van der Waals surface area contributed by atoms with E-state index in [4.69, 9.17) is 11.6 Å². The van der Waals surface area contributed by atoms with Crippen molar-refractivity contribution in [2.45, 2.75) is 44.9 Å². The lowest BCUT2D eigenvalue weighted by molar-refractivity contribution is -0.113. The molecule has 0 radical (unpaired) electrons. The summed E-state index contributed by atoms with van der Waals surface area (Å²) in [7, 11) is 0. The molecule has 7 nitrogen and oxygen atoms in total. The zero-order valence-corrected chi connectivity index (χ0v) is 21.0. The summed E-state index contributed by atoms with van der Waals surface area (Å²) in [5, 5.41) is 15.4. The molecule has 2 aromatic carbocycles. The minimum atomic E-state index is -0.432. The highest BCUT2D eigenvalue weighted by Crippen LogP contribution is 2.24. The third-order valence-electron chi connectivity index (χ3n) is 5.25. The summed E-state index contributed by atoms with van der Waals surface area (Å²) in [5.41, 5.74) is 3.37. The number of benzene rings is 2. The SMILES string of the molecule is C=CCn1c(SCC(=O)Nc2c(C)cccc2CC)nnc1[C@@H](C)NC(=O)c1ccccc1Cl. The first-order valence-corrected chi connectivity index (χ1v) is 12.3. The Morgan fingerprint density at radius 3 is 2.68 bits per heavy atom. The van der Waals surface area contributed by atoms with Crippen molar-refractivity contribution in [3.8, 4) is 0 Å². The molecule has 178 valence electrons. The van der Waals surface area contributed by atoms with Gasteiger partial charge >= 0.3 is 0 Å². The van der Waals surface area contributed by atoms with Crippen LogP contribution in [0.2, 0.25) is 5.02 Å². The molecule has 0 spiro atoms. The van der Waals surface area contributed by atoms with Crippen LogP contribution in [0.3, 0.4) is 0 Å². The third kappa shape index (κ3) is 6.07. The molecule has 2 amide bonds. The molecular weight excluding hydrogens is 470 g/mol. The van der Waals surface area contributed by atoms with E-state index in [-0.39, 0.29) is 17.6 Å². The van der Waals surface area contributed by atoms with Gasteiger partial charge in [0.15, 0.2) is 11.0 Å². The standard InChI is InChI=1S/C25H28ClN5O2S/c1-5-14-31-23(17(4)27-24(33)19-12-7-8-13-20(19)26)29-30-25(31)34-15-21(32)28-22-16(3)10-9-11-18(22)6-2/h5,7-13,17H,1,6,14-15H2,2-4H3,(H,27,33)(H,28,32)/t17-/m1/s1. The molecule has 9 heteroatoms. The minimum Gasteiger partial charge on any atom is -0.342 e. The lowest BCUT2D eigenvalue weighted by atomic mass is 10.1. The second-order valence-corrected chi connectivity index (χ2v) is 9.06. The van der Waals surface area contributed by atoms with Crippen LogP contribution < -0.4 is 10.6 Å². The molecule has 0 unspecified atom stereocenters. The number of carbonyl (C=O) groups excluding carboxylic acids is 2. The molecule has 0 aliphatic heterocycles. The van der Waals surface area contributed by atoms with E-state index in [0.29, 0.717) is 28.1 Å². The molecule has 0 saturated carbocycles. The van der Waals surface area contributed by atoms with Crippen LogP contribution in [0, 0.1) is 6.92 Å². The molecule has 2 N–H and O–H groups in total. The van der Waals surface area contributed by atoms with E-state index in [1.54, 1.807) is 30.3 Å².